The van der Waals surface area contributed by atoms with E-state index >= 15 is 0 Å². The van der Waals surface area contributed by atoms with Crippen molar-refractivity contribution in [2.45, 2.75) is 19.3 Å². The number of carbonyl (C=O) groups excluding carboxylic acids is 1. The van der Waals surface area contributed by atoms with Crippen LogP contribution in [0.15, 0.2) is 52.3 Å². The summed E-state index contributed by atoms with van der Waals surface area (Å²) in [5, 5.41) is 14.6. The van der Waals surface area contributed by atoms with Crippen molar-refractivity contribution in [3.05, 3.63) is 47.3 Å². The molecule has 146 valence electrons. The maximum Gasteiger partial charge on any atom is 0.260 e. The first kappa shape index (κ1) is 18.7. The number of aromatic nitrogens is 2. The lowest BCUT2D eigenvalue weighted by atomic mass is 10.1. The Kier molecular flexibility index (Phi) is 5.45. The van der Waals surface area contributed by atoms with Crippen molar-refractivity contribution >= 4 is 34.3 Å². The van der Waals surface area contributed by atoms with Gasteiger partial charge in [0.2, 0.25) is 5.78 Å². The predicted molar refractivity (Wildman–Crippen MR) is 108 cm³/mol. The lowest BCUT2D eigenvalue weighted by molar-refractivity contribution is -0.110. The molecule has 2 aromatic heterocycles. The Morgan fingerprint density at radius 3 is 2.86 bits per heavy atom. The quantitative estimate of drug-likeness (QED) is 0.778. The van der Waals surface area contributed by atoms with Gasteiger partial charge in [0.05, 0.1) is 10.5 Å². The van der Waals surface area contributed by atoms with Gasteiger partial charge in [-0.15, -0.1) is 5.10 Å². The van der Waals surface area contributed by atoms with Crippen LogP contribution in [0, 0.1) is 0 Å². The third-order valence-electron chi connectivity index (χ3n) is 4.84. The first-order valence-electron chi connectivity index (χ1n) is 9.35. The number of hydrogen-bond donors (Lipinski definition) is 1. The number of aliphatic hydroxyl groups excluding tert-OH is 1. The van der Waals surface area contributed by atoms with Gasteiger partial charge in [0.25, 0.3) is 5.88 Å². The average Bonchev–Trinajstić information content (AvgIpc) is 3.04. The van der Waals surface area contributed by atoms with E-state index in [-0.39, 0.29) is 16.5 Å². The fourth-order valence-corrected chi connectivity index (χ4v) is 3.52. The van der Waals surface area contributed by atoms with E-state index in [4.69, 9.17) is 16.3 Å². The van der Waals surface area contributed by atoms with Crippen LogP contribution in [0.3, 0.4) is 0 Å². The number of ether oxygens (including phenoxy) is 1. The third kappa shape index (κ3) is 3.95. The van der Waals surface area contributed by atoms with E-state index in [1.54, 1.807) is 10.7 Å². The molecular formula is C20H21ClN4O3. The standard InChI is InChI=1S/C20H21ClN4O3/c21-14-12-15(18(27)13-17(14)26)22-19-16-6-2-5-9-25(16)23-20(19)28-11-10-24-7-3-1-4-8-24/h2,5-6,9,12-13,27H,1,3-4,7-8,10-11H2/b22-15+. The molecule has 1 fully saturated rings. The fraction of sp³-hybridized carbons (Fsp3) is 0.350. The van der Waals surface area contributed by atoms with E-state index in [0.29, 0.717) is 18.2 Å². The van der Waals surface area contributed by atoms with Crippen molar-refractivity contribution in [1.82, 2.24) is 14.5 Å². The second-order valence-electron chi connectivity index (χ2n) is 6.82. The SMILES string of the molecule is O=C1C=C(O)/C(=N/c2c(OCCN3CCCCC3)nn3ccccc23)C=C1Cl. The number of ketones is 1. The molecule has 0 unspecified atom stereocenters. The Morgan fingerprint density at radius 1 is 1.21 bits per heavy atom. The minimum absolute atomic E-state index is 0.000547. The Hall–Kier alpha value is -2.64. The molecule has 0 radical (unpaired) electrons. The highest BCUT2D eigenvalue weighted by atomic mass is 35.5. The molecule has 0 saturated carbocycles. The summed E-state index contributed by atoms with van der Waals surface area (Å²) in [6, 6.07) is 5.60. The molecule has 1 aliphatic carbocycles. The molecule has 0 bridgehead atoms. The van der Waals surface area contributed by atoms with Gasteiger partial charge in [0.1, 0.15) is 18.1 Å². The molecular weight excluding hydrogens is 380 g/mol. The lowest BCUT2D eigenvalue weighted by Gasteiger charge is -2.25. The Balaban J connectivity index is 1.61. The first-order chi connectivity index (χ1) is 13.6. The van der Waals surface area contributed by atoms with Crippen molar-refractivity contribution in [3.63, 3.8) is 0 Å². The molecule has 0 amide bonds. The summed E-state index contributed by atoms with van der Waals surface area (Å²) in [6.45, 7) is 3.52. The molecule has 0 atom stereocenters. The van der Waals surface area contributed by atoms with Gasteiger partial charge < -0.3 is 9.84 Å². The van der Waals surface area contributed by atoms with E-state index in [0.717, 1.165) is 31.2 Å². The summed E-state index contributed by atoms with van der Waals surface area (Å²) in [5.41, 5.74) is 1.42. The highest BCUT2D eigenvalue weighted by Gasteiger charge is 2.20. The normalized spacial score (nSPS) is 19.8. The summed E-state index contributed by atoms with van der Waals surface area (Å²) < 4.78 is 7.62. The number of allylic oxidation sites excluding steroid dienone is 3. The van der Waals surface area contributed by atoms with E-state index in [2.05, 4.69) is 15.0 Å². The van der Waals surface area contributed by atoms with Crippen LogP contribution in [-0.2, 0) is 4.79 Å². The Labute approximate surface area is 167 Å². The van der Waals surface area contributed by atoms with Crippen molar-refractivity contribution < 1.29 is 14.6 Å². The summed E-state index contributed by atoms with van der Waals surface area (Å²) >= 11 is 5.91. The average molecular weight is 401 g/mol. The minimum Gasteiger partial charge on any atom is -0.506 e. The molecule has 7 nitrogen and oxygen atoms in total. The van der Waals surface area contributed by atoms with Crippen LogP contribution in [0.5, 0.6) is 5.88 Å². The number of nitrogens with zero attached hydrogens (tertiary/aromatic N) is 4. The van der Waals surface area contributed by atoms with Crippen LogP contribution >= 0.6 is 11.6 Å². The molecule has 1 aliphatic heterocycles. The van der Waals surface area contributed by atoms with Gasteiger partial charge in [-0.3, -0.25) is 9.69 Å². The molecule has 28 heavy (non-hydrogen) atoms. The maximum absolute atomic E-state index is 11.6. The number of likely N-dealkylation sites (tertiary alicyclic amines) is 1. The monoisotopic (exact) mass is 400 g/mol. The van der Waals surface area contributed by atoms with E-state index in [1.165, 1.54) is 25.3 Å². The van der Waals surface area contributed by atoms with Gasteiger partial charge in [-0.05, 0) is 44.1 Å². The number of rotatable bonds is 5. The zero-order valence-corrected chi connectivity index (χ0v) is 16.1. The van der Waals surface area contributed by atoms with Gasteiger partial charge in [-0.25, -0.2) is 9.51 Å². The Bertz CT molecular complexity index is 986. The lowest BCUT2D eigenvalue weighted by Crippen LogP contribution is -2.33. The first-order valence-corrected chi connectivity index (χ1v) is 9.73. The number of hydrogen-bond acceptors (Lipinski definition) is 6. The summed E-state index contributed by atoms with van der Waals surface area (Å²) in [5.74, 6) is -0.301. The van der Waals surface area contributed by atoms with Crippen molar-refractivity contribution in [1.29, 1.82) is 0 Å². The van der Waals surface area contributed by atoms with Crippen LogP contribution in [0.2, 0.25) is 0 Å². The highest BCUT2D eigenvalue weighted by Crippen LogP contribution is 2.33. The van der Waals surface area contributed by atoms with Crippen LogP contribution in [0.4, 0.5) is 5.69 Å². The van der Waals surface area contributed by atoms with E-state index in [1.807, 2.05) is 18.2 Å². The molecule has 1 saturated heterocycles. The van der Waals surface area contributed by atoms with E-state index in [9.17, 15) is 9.90 Å². The molecule has 8 heteroatoms. The number of fused-ring (bicyclic) bond motifs is 1. The molecule has 4 rings (SSSR count). The third-order valence-corrected chi connectivity index (χ3v) is 5.13. The Morgan fingerprint density at radius 2 is 2.04 bits per heavy atom. The molecule has 1 N–H and O–H groups in total. The largest absolute Gasteiger partial charge is 0.506 e. The molecule has 3 heterocycles. The molecule has 2 aromatic rings. The number of aliphatic imine (C=N–C) groups is 1. The van der Waals surface area contributed by atoms with Crippen LogP contribution in [0.25, 0.3) is 5.52 Å². The number of piperidine rings is 1. The molecule has 2 aliphatic rings. The smallest absolute Gasteiger partial charge is 0.260 e. The minimum atomic E-state index is -0.448. The molecule has 0 aromatic carbocycles. The van der Waals surface area contributed by atoms with Crippen LogP contribution < -0.4 is 4.74 Å². The topological polar surface area (TPSA) is 79.4 Å². The molecule has 0 spiro atoms. The number of halogens is 1. The predicted octanol–water partition coefficient (Wildman–Crippen LogP) is 3.42. The highest BCUT2D eigenvalue weighted by molar-refractivity contribution is 6.47. The van der Waals surface area contributed by atoms with Gasteiger partial charge in [-0.1, -0.05) is 24.1 Å². The van der Waals surface area contributed by atoms with Crippen molar-refractivity contribution in [2.75, 3.05) is 26.2 Å². The number of aliphatic hydroxyl groups is 1. The summed E-state index contributed by atoms with van der Waals surface area (Å²) in [7, 11) is 0. The fourth-order valence-electron chi connectivity index (χ4n) is 3.36. The van der Waals surface area contributed by atoms with Gasteiger partial charge >= 0.3 is 0 Å². The summed E-state index contributed by atoms with van der Waals surface area (Å²) in [6.07, 6.45) is 7.96. The van der Waals surface area contributed by atoms with Crippen LogP contribution in [-0.4, -0.2) is 57.4 Å². The van der Waals surface area contributed by atoms with Gasteiger partial charge in [0.15, 0.2) is 5.69 Å². The van der Waals surface area contributed by atoms with Crippen molar-refractivity contribution in [3.8, 4) is 5.88 Å². The second-order valence-corrected chi connectivity index (χ2v) is 7.23. The number of pyridine rings is 1. The second kappa shape index (κ2) is 8.16. The maximum atomic E-state index is 11.6. The zero-order chi connectivity index (χ0) is 19.5. The van der Waals surface area contributed by atoms with Gasteiger partial charge in [-0.2, -0.15) is 0 Å². The van der Waals surface area contributed by atoms with E-state index < -0.39 is 5.78 Å². The van der Waals surface area contributed by atoms with Crippen molar-refractivity contribution in [2.24, 2.45) is 4.99 Å². The van der Waals surface area contributed by atoms with Crippen LogP contribution in [0.1, 0.15) is 19.3 Å². The van der Waals surface area contributed by atoms with Gasteiger partial charge in [0, 0.05) is 18.8 Å². The zero-order valence-electron chi connectivity index (χ0n) is 15.3. The number of carbonyl (C=O) groups is 1. The summed E-state index contributed by atoms with van der Waals surface area (Å²) in [4.78, 5) is 18.5.